The molecule has 8 heteroatoms. The summed E-state index contributed by atoms with van der Waals surface area (Å²) in [4.78, 5) is 31.5. The van der Waals surface area contributed by atoms with E-state index in [9.17, 15) is 14.7 Å². The number of aliphatic hydroxyl groups excluding tert-OH is 1. The normalized spacial score (nSPS) is 19.5. The van der Waals surface area contributed by atoms with Crippen LogP contribution in [-0.4, -0.2) is 76.2 Å². The second kappa shape index (κ2) is 7.64. The highest BCUT2D eigenvalue weighted by molar-refractivity contribution is 6.33. The van der Waals surface area contributed by atoms with Crippen LogP contribution in [0.2, 0.25) is 5.02 Å². The van der Waals surface area contributed by atoms with Crippen molar-refractivity contribution < 1.29 is 19.8 Å². The van der Waals surface area contributed by atoms with Gasteiger partial charge in [-0.1, -0.05) is 23.7 Å². The third kappa shape index (κ3) is 3.95. The summed E-state index contributed by atoms with van der Waals surface area (Å²) in [6.45, 7) is 0.724. The van der Waals surface area contributed by atoms with Gasteiger partial charge in [-0.05, 0) is 32.3 Å². The van der Waals surface area contributed by atoms with Gasteiger partial charge in [-0.25, -0.2) is 4.79 Å². The molecule has 1 fully saturated rings. The summed E-state index contributed by atoms with van der Waals surface area (Å²) in [5.74, 6) is -1.29. The molecule has 1 aromatic carbocycles. The number of hydrogen-bond acceptors (Lipinski definition) is 5. The van der Waals surface area contributed by atoms with Crippen molar-refractivity contribution in [3.05, 3.63) is 52.7 Å². The Morgan fingerprint density at radius 1 is 1.22 bits per heavy atom. The lowest BCUT2D eigenvalue weighted by atomic mass is 10.1. The minimum atomic E-state index is -1.11. The van der Waals surface area contributed by atoms with Crippen molar-refractivity contribution in [1.29, 1.82) is 0 Å². The Morgan fingerprint density at radius 2 is 1.96 bits per heavy atom. The predicted molar refractivity (Wildman–Crippen MR) is 101 cm³/mol. The monoisotopic (exact) mass is 389 g/mol. The zero-order valence-electron chi connectivity index (χ0n) is 15.0. The minimum absolute atomic E-state index is 0.00300. The molecule has 1 amide bonds. The summed E-state index contributed by atoms with van der Waals surface area (Å²) in [6.07, 6.45) is 0.642. The van der Waals surface area contributed by atoms with Crippen molar-refractivity contribution in [3.8, 4) is 11.3 Å². The molecule has 27 heavy (non-hydrogen) atoms. The van der Waals surface area contributed by atoms with Crippen LogP contribution in [0.15, 0.2) is 36.5 Å². The van der Waals surface area contributed by atoms with Gasteiger partial charge >= 0.3 is 5.97 Å². The zero-order chi connectivity index (χ0) is 19.7. The van der Waals surface area contributed by atoms with Crippen LogP contribution in [0.3, 0.4) is 0 Å². The molecule has 0 aliphatic carbocycles. The van der Waals surface area contributed by atoms with E-state index in [1.165, 1.54) is 12.3 Å². The third-order valence-electron chi connectivity index (χ3n) is 4.68. The highest BCUT2D eigenvalue weighted by Gasteiger charge is 2.35. The molecule has 0 radical (unpaired) electrons. The van der Waals surface area contributed by atoms with Gasteiger partial charge in [0.15, 0.2) is 0 Å². The maximum atomic E-state index is 12.8. The van der Waals surface area contributed by atoms with Gasteiger partial charge in [-0.3, -0.25) is 9.78 Å². The van der Waals surface area contributed by atoms with Crippen molar-refractivity contribution >= 4 is 23.5 Å². The molecule has 1 aliphatic rings. The summed E-state index contributed by atoms with van der Waals surface area (Å²) in [7, 11) is 3.74. The predicted octanol–water partition coefficient (Wildman–Crippen LogP) is 1.85. The van der Waals surface area contributed by atoms with E-state index in [1.54, 1.807) is 29.2 Å². The zero-order valence-corrected chi connectivity index (χ0v) is 15.7. The number of hydrogen-bond donors (Lipinski definition) is 2. The molecule has 1 aliphatic heterocycles. The number of benzene rings is 1. The Balaban J connectivity index is 1.86. The highest BCUT2D eigenvalue weighted by atomic mass is 35.5. The van der Waals surface area contributed by atoms with Crippen LogP contribution in [-0.2, 0) is 0 Å². The van der Waals surface area contributed by atoms with Crippen LogP contribution in [0.5, 0.6) is 0 Å². The van der Waals surface area contributed by atoms with Crippen LogP contribution < -0.4 is 0 Å². The van der Waals surface area contributed by atoms with Crippen LogP contribution in [0.1, 0.15) is 20.7 Å². The number of carbonyl (C=O) groups excluding carboxylic acids is 1. The molecule has 2 atom stereocenters. The summed E-state index contributed by atoms with van der Waals surface area (Å²) < 4.78 is 0. The molecule has 2 heterocycles. The lowest BCUT2D eigenvalue weighted by Gasteiger charge is -2.21. The highest BCUT2D eigenvalue weighted by Crippen LogP contribution is 2.28. The quantitative estimate of drug-likeness (QED) is 0.828. The number of carboxylic acids is 1. The van der Waals surface area contributed by atoms with Crippen LogP contribution in [0.25, 0.3) is 11.3 Å². The van der Waals surface area contributed by atoms with Gasteiger partial charge in [0.05, 0.1) is 28.4 Å². The number of rotatable bonds is 4. The van der Waals surface area contributed by atoms with Gasteiger partial charge in [-0.2, -0.15) is 0 Å². The molecule has 0 unspecified atom stereocenters. The fraction of sp³-hybridized carbons (Fsp3) is 0.316. The number of carbonyl (C=O) groups is 2. The number of aromatic carboxylic acids is 1. The fourth-order valence-corrected chi connectivity index (χ4v) is 3.47. The Morgan fingerprint density at radius 3 is 2.56 bits per heavy atom. The van der Waals surface area contributed by atoms with E-state index in [2.05, 4.69) is 4.98 Å². The lowest BCUT2D eigenvalue weighted by Crippen LogP contribution is -2.38. The molecule has 3 rings (SSSR count). The van der Waals surface area contributed by atoms with Crippen molar-refractivity contribution in [2.45, 2.75) is 12.1 Å². The molecular weight excluding hydrogens is 370 g/mol. The van der Waals surface area contributed by atoms with E-state index in [0.29, 0.717) is 23.4 Å². The molecule has 7 nitrogen and oxygen atoms in total. The number of pyridine rings is 1. The second-order valence-electron chi connectivity index (χ2n) is 6.75. The minimum Gasteiger partial charge on any atom is -0.478 e. The van der Waals surface area contributed by atoms with Crippen LogP contribution in [0.4, 0.5) is 0 Å². The number of carboxylic acid groups (broad SMARTS) is 1. The van der Waals surface area contributed by atoms with Gasteiger partial charge in [0, 0.05) is 30.4 Å². The van der Waals surface area contributed by atoms with E-state index >= 15 is 0 Å². The maximum Gasteiger partial charge on any atom is 0.337 e. The molecule has 1 aromatic heterocycles. The molecular formula is C19H20ClN3O4. The van der Waals surface area contributed by atoms with E-state index in [4.69, 9.17) is 16.7 Å². The lowest BCUT2D eigenvalue weighted by molar-refractivity contribution is 0.0695. The van der Waals surface area contributed by atoms with E-state index in [1.807, 2.05) is 19.0 Å². The van der Waals surface area contributed by atoms with Gasteiger partial charge in [0.1, 0.15) is 0 Å². The molecule has 2 aromatic rings. The SMILES string of the molecule is CN(C)[C@H]1CN(C(=O)c2cccc(-c3ncc(C(=O)O)cc3Cl)c2)C[C@@H]1O. The first-order chi connectivity index (χ1) is 12.8. The third-order valence-corrected chi connectivity index (χ3v) is 4.97. The first kappa shape index (κ1) is 19.3. The van der Waals surface area contributed by atoms with E-state index in [0.717, 1.165) is 0 Å². The van der Waals surface area contributed by atoms with Gasteiger partial charge < -0.3 is 20.0 Å². The first-order valence-corrected chi connectivity index (χ1v) is 8.78. The van der Waals surface area contributed by atoms with Crippen molar-refractivity contribution in [2.24, 2.45) is 0 Å². The molecule has 2 N–H and O–H groups in total. The Hall–Kier alpha value is -2.48. The summed E-state index contributed by atoms with van der Waals surface area (Å²) >= 11 is 6.18. The van der Waals surface area contributed by atoms with Gasteiger partial charge in [0.2, 0.25) is 0 Å². The topological polar surface area (TPSA) is 94.0 Å². The number of nitrogens with zero attached hydrogens (tertiary/aromatic N) is 3. The van der Waals surface area contributed by atoms with Gasteiger partial charge in [0.25, 0.3) is 5.91 Å². The van der Waals surface area contributed by atoms with Crippen molar-refractivity contribution in [1.82, 2.24) is 14.8 Å². The number of likely N-dealkylation sites (N-methyl/N-ethyl adjacent to an activating group) is 1. The summed E-state index contributed by atoms with van der Waals surface area (Å²) in [5, 5.41) is 19.4. The Kier molecular flexibility index (Phi) is 5.46. The van der Waals surface area contributed by atoms with Gasteiger partial charge in [-0.15, -0.1) is 0 Å². The maximum absolute atomic E-state index is 12.8. The Bertz CT molecular complexity index is 887. The largest absolute Gasteiger partial charge is 0.478 e. The van der Waals surface area contributed by atoms with Crippen LogP contribution >= 0.6 is 11.6 Å². The average Bonchev–Trinajstić information content (AvgIpc) is 3.03. The van der Waals surface area contributed by atoms with E-state index in [-0.39, 0.29) is 29.1 Å². The second-order valence-corrected chi connectivity index (χ2v) is 7.16. The molecule has 0 spiro atoms. The Labute approximate surface area is 161 Å². The standard InChI is InChI=1S/C19H20ClN3O4/c1-22(2)15-9-23(10-16(15)24)18(25)12-5-3-4-11(6-12)17-14(20)7-13(8-21-17)19(26)27/h3-8,15-16,24H,9-10H2,1-2H3,(H,26,27)/t15-,16-/m0/s1. The molecule has 142 valence electrons. The van der Waals surface area contributed by atoms with Crippen molar-refractivity contribution in [2.75, 3.05) is 27.2 Å². The first-order valence-electron chi connectivity index (χ1n) is 8.41. The fourth-order valence-electron chi connectivity index (χ4n) is 3.19. The number of amides is 1. The molecule has 0 saturated carbocycles. The smallest absolute Gasteiger partial charge is 0.337 e. The number of aliphatic hydroxyl groups is 1. The number of β-amino-alcohol motifs (C(OH)–C–C–N with tert-alkyl or cyclic N) is 1. The molecule has 1 saturated heterocycles. The van der Waals surface area contributed by atoms with E-state index < -0.39 is 12.1 Å². The number of likely N-dealkylation sites (tertiary alicyclic amines) is 1. The van der Waals surface area contributed by atoms with Crippen molar-refractivity contribution in [3.63, 3.8) is 0 Å². The number of halogens is 1. The number of aromatic nitrogens is 1. The summed E-state index contributed by atoms with van der Waals surface area (Å²) in [5.41, 5.74) is 1.48. The molecule has 0 bridgehead atoms. The summed E-state index contributed by atoms with van der Waals surface area (Å²) in [6, 6.07) is 8.08. The average molecular weight is 390 g/mol. The van der Waals surface area contributed by atoms with Crippen LogP contribution in [0, 0.1) is 0 Å².